The van der Waals surface area contributed by atoms with Crippen molar-refractivity contribution in [3.05, 3.63) is 74.8 Å². The number of nitro groups is 1. The molecule has 0 atom stereocenters. The van der Waals surface area contributed by atoms with Crippen molar-refractivity contribution in [2.45, 2.75) is 6.92 Å². The molecule has 138 valence electrons. The van der Waals surface area contributed by atoms with E-state index in [1.165, 1.54) is 12.1 Å². The Labute approximate surface area is 165 Å². The molecule has 0 heterocycles. The second kappa shape index (κ2) is 9.55. The van der Waals surface area contributed by atoms with E-state index in [2.05, 4.69) is 28.6 Å². The molecule has 0 amide bonds. The van der Waals surface area contributed by atoms with Gasteiger partial charge in [0.2, 0.25) is 0 Å². The molecule has 0 N–H and O–H groups in total. The number of hydrogen-bond donors (Lipinski definition) is 0. The Morgan fingerprint density at radius 3 is 2.70 bits per heavy atom. The third kappa shape index (κ3) is 5.19. The number of rotatable bonds is 8. The topological polar surface area (TPSA) is 85.4 Å². The molecule has 0 aliphatic carbocycles. The highest BCUT2D eigenvalue weighted by atomic mass is 79.9. The maximum atomic E-state index is 11.0. The summed E-state index contributed by atoms with van der Waals surface area (Å²) in [6.07, 6.45) is 3.27. The van der Waals surface area contributed by atoms with Crippen molar-refractivity contribution in [1.29, 1.82) is 5.26 Å². The monoisotopic (exact) mass is 428 g/mol. The van der Waals surface area contributed by atoms with E-state index in [0.29, 0.717) is 45.9 Å². The number of non-ortho nitro benzene ring substituents is 1. The summed E-state index contributed by atoms with van der Waals surface area (Å²) in [5, 5.41) is 20.5. The van der Waals surface area contributed by atoms with Gasteiger partial charge in [-0.2, -0.15) is 5.26 Å². The first kappa shape index (κ1) is 20.2. The molecule has 2 rings (SSSR count). The first-order valence-corrected chi connectivity index (χ1v) is 8.86. The summed E-state index contributed by atoms with van der Waals surface area (Å²) in [6.45, 7) is 6.27. The Hall–Kier alpha value is -3.11. The van der Waals surface area contributed by atoms with Crippen LogP contribution >= 0.6 is 15.9 Å². The minimum Gasteiger partial charge on any atom is -0.490 e. The molecule has 2 aromatic rings. The average molecular weight is 429 g/mol. The van der Waals surface area contributed by atoms with E-state index >= 15 is 0 Å². The van der Waals surface area contributed by atoms with Crippen LogP contribution in [-0.2, 0) is 0 Å². The van der Waals surface area contributed by atoms with Crippen LogP contribution in [0.1, 0.15) is 18.1 Å². The zero-order valence-corrected chi connectivity index (χ0v) is 16.2. The van der Waals surface area contributed by atoms with Crippen LogP contribution in [0.25, 0.3) is 11.6 Å². The van der Waals surface area contributed by atoms with Gasteiger partial charge in [-0.1, -0.05) is 40.7 Å². The first-order valence-electron chi connectivity index (χ1n) is 8.06. The maximum absolute atomic E-state index is 11.0. The minimum atomic E-state index is -0.493. The molecule has 2 aromatic carbocycles. The fourth-order valence-corrected chi connectivity index (χ4v) is 2.75. The molecule has 0 spiro atoms. The Kier molecular flexibility index (Phi) is 7.15. The molecule has 0 bridgehead atoms. The number of allylic oxidation sites excluding steroid dienone is 1. The first-order chi connectivity index (χ1) is 13.0. The van der Waals surface area contributed by atoms with Crippen molar-refractivity contribution in [2.75, 3.05) is 13.2 Å². The summed E-state index contributed by atoms with van der Waals surface area (Å²) >= 11 is 3.47. The van der Waals surface area contributed by atoms with E-state index in [-0.39, 0.29) is 5.69 Å². The van der Waals surface area contributed by atoms with Crippen molar-refractivity contribution in [1.82, 2.24) is 0 Å². The van der Waals surface area contributed by atoms with Gasteiger partial charge in [0.25, 0.3) is 5.69 Å². The average Bonchev–Trinajstić information content (AvgIpc) is 2.67. The smallest absolute Gasteiger partial charge is 0.270 e. The second-order valence-electron chi connectivity index (χ2n) is 5.33. The molecule has 0 aliphatic heterocycles. The highest BCUT2D eigenvalue weighted by molar-refractivity contribution is 9.10. The molecule has 27 heavy (non-hydrogen) atoms. The molecule has 0 radical (unpaired) electrons. The van der Waals surface area contributed by atoms with E-state index in [9.17, 15) is 15.4 Å². The molecule has 0 aliphatic rings. The predicted octanol–water partition coefficient (Wildman–Crippen LogP) is 5.38. The lowest BCUT2D eigenvalue weighted by atomic mass is 10.0. The molecule has 7 heteroatoms. The number of hydrogen-bond acceptors (Lipinski definition) is 5. The number of halogens is 1. The van der Waals surface area contributed by atoms with Crippen molar-refractivity contribution in [3.63, 3.8) is 0 Å². The zero-order chi connectivity index (χ0) is 19.8. The molecule has 0 fully saturated rings. The van der Waals surface area contributed by atoms with Gasteiger partial charge >= 0.3 is 0 Å². The van der Waals surface area contributed by atoms with Crippen LogP contribution < -0.4 is 9.47 Å². The Balaban J connectivity index is 2.50. The summed E-state index contributed by atoms with van der Waals surface area (Å²) in [5.41, 5.74) is 1.37. The number of nitriles is 1. The van der Waals surface area contributed by atoms with E-state index in [0.717, 1.165) is 0 Å². The van der Waals surface area contributed by atoms with Gasteiger partial charge < -0.3 is 9.47 Å². The second-order valence-corrected chi connectivity index (χ2v) is 6.18. The van der Waals surface area contributed by atoms with Gasteiger partial charge in [0.15, 0.2) is 11.5 Å². The quantitative estimate of drug-likeness (QED) is 0.185. The molecular formula is C20H17BrN2O4. The number of ether oxygens (including phenoxy) is 2. The maximum Gasteiger partial charge on any atom is 0.270 e. The summed E-state index contributed by atoms with van der Waals surface area (Å²) in [4.78, 5) is 10.5. The summed E-state index contributed by atoms with van der Waals surface area (Å²) in [6, 6.07) is 11.5. The van der Waals surface area contributed by atoms with Crippen molar-refractivity contribution in [3.8, 4) is 17.6 Å². The molecule has 0 saturated carbocycles. The van der Waals surface area contributed by atoms with E-state index in [4.69, 9.17) is 9.47 Å². The normalized spacial score (nSPS) is 10.8. The summed E-state index contributed by atoms with van der Waals surface area (Å²) in [7, 11) is 0. The van der Waals surface area contributed by atoms with Gasteiger partial charge in [-0.05, 0) is 36.3 Å². The Bertz CT molecular complexity index is 932. The van der Waals surface area contributed by atoms with E-state index < -0.39 is 4.92 Å². The lowest BCUT2D eigenvalue weighted by Crippen LogP contribution is -1.99. The molecule has 0 saturated heterocycles. The van der Waals surface area contributed by atoms with Crippen LogP contribution in [0.15, 0.2) is 53.5 Å². The van der Waals surface area contributed by atoms with Gasteiger partial charge in [-0.15, -0.1) is 0 Å². The third-order valence-electron chi connectivity index (χ3n) is 3.51. The highest BCUT2D eigenvalue weighted by Gasteiger charge is 2.13. The predicted molar refractivity (Wildman–Crippen MR) is 108 cm³/mol. The van der Waals surface area contributed by atoms with Crippen LogP contribution in [0.5, 0.6) is 11.5 Å². The molecule has 6 nitrogen and oxygen atoms in total. The van der Waals surface area contributed by atoms with Gasteiger partial charge in [-0.3, -0.25) is 10.1 Å². The lowest BCUT2D eigenvalue weighted by molar-refractivity contribution is -0.384. The third-order valence-corrected chi connectivity index (χ3v) is 4.19. The van der Waals surface area contributed by atoms with E-state index in [1.807, 2.05) is 6.92 Å². The summed E-state index contributed by atoms with van der Waals surface area (Å²) < 4.78 is 11.9. The van der Waals surface area contributed by atoms with Crippen molar-refractivity contribution >= 4 is 33.3 Å². The zero-order valence-electron chi connectivity index (χ0n) is 14.6. The molecule has 0 unspecified atom stereocenters. The van der Waals surface area contributed by atoms with Crippen LogP contribution in [0.4, 0.5) is 5.69 Å². The van der Waals surface area contributed by atoms with Crippen LogP contribution in [0.2, 0.25) is 0 Å². The van der Waals surface area contributed by atoms with Crippen molar-refractivity contribution < 1.29 is 14.4 Å². The van der Waals surface area contributed by atoms with E-state index in [1.54, 1.807) is 36.4 Å². The SMILES string of the molecule is C=CCOc1cc(Br)c(C=C(C#N)c2cccc([N+](=O)[O-])c2)cc1OCC. The largest absolute Gasteiger partial charge is 0.490 e. The van der Waals surface area contributed by atoms with Crippen LogP contribution in [0, 0.1) is 21.4 Å². The van der Waals surface area contributed by atoms with Gasteiger partial charge in [0, 0.05) is 16.6 Å². The molecule has 0 aromatic heterocycles. The minimum absolute atomic E-state index is 0.0732. The lowest BCUT2D eigenvalue weighted by Gasteiger charge is -2.13. The summed E-state index contributed by atoms with van der Waals surface area (Å²) in [5.74, 6) is 1.08. The standard InChI is InChI=1S/C20H17BrN2O4/c1-3-8-27-20-12-18(21)15(11-19(20)26-4-2)9-16(13-22)14-6-5-7-17(10-14)23(24)25/h3,5-7,9-12H,1,4,8H2,2H3. The molecular weight excluding hydrogens is 412 g/mol. The Morgan fingerprint density at radius 1 is 1.33 bits per heavy atom. The Morgan fingerprint density at radius 2 is 2.07 bits per heavy atom. The number of benzene rings is 2. The van der Waals surface area contributed by atoms with Crippen LogP contribution in [-0.4, -0.2) is 18.1 Å². The number of nitro benzene ring substituents is 1. The van der Waals surface area contributed by atoms with Crippen LogP contribution in [0.3, 0.4) is 0 Å². The van der Waals surface area contributed by atoms with Crippen molar-refractivity contribution in [2.24, 2.45) is 0 Å². The highest BCUT2D eigenvalue weighted by Crippen LogP contribution is 2.36. The fourth-order valence-electron chi connectivity index (χ4n) is 2.31. The fraction of sp³-hybridized carbons (Fsp3) is 0.150. The van der Waals surface area contributed by atoms with Gasteiger partial charge in [0.1, 0.15) is 6.61 Å². The van der Waals surface area contributed by atoms with Gasteiger partial charge in [-0.25, -0.2) is 0 Å². The van der Waals surface area contributed by atoms with Gasteiger partial charge in [0.05, 0.1) is 23.2 Å². The number of nitrogens with zero attached hydrogens (tertiary/aromatic N) is 2.